The molecular formula is C54H40F38O2. The maximum Gasteiger partial charge on any atom is 0.460 e. The van der Waals surface area contributed by atoms with E-state index in [1.165, 1.54) is 12.2 Å². The summed E-state index contributed by atoms with van der Waals surface area (Å²) in [5.74, 6) is -142. The molecule has 0 spiro atoms. The van der Waals surface area contributed by atoms with Crippen molar-refractivity contribution in [2.24, 2.45) is 0 Å². The van der Waals surface area contributed by atoms with Gasteiger partial charge in [-0.05, 0) is 84.3 Å². The molecule has 0 radical (unpaired) electrons. The number of benzene rings is 4. The second-order valence-corrected chi connectivity index (χ2v) is 20.6. The van der Waals surface area contributed by atoms with Gasteiger partial charge in [-0.25, -0.2) is 0 Å². The Kier molecular flexibility index (Phi) is 21.9. The Morgan fingerprint density at radius 2 is 0.500 bits per heavy atom. The quantitative estimate of drug-likeness (QED) is 0.0269. The lowest BCUT2D eigenvalue weighted by molar-refractivity contribution is -0.469. The molecule has 0 saturated heterocycles. The third-order valence-corrected chi connectivity index (χ3v) is 14.3. The molecule has 0 N–H and O–H groups in total. The van der Waals surface area contributed by atoms with E-state index in [2.05, 4.69) is 13.2 Å². The van der Waals surface area contributed by atoms with Gasteiger partial charge in [0.05, 0.1) is 13.2 Å². The molecule has 4 rings (SSSR count). The number of unbranched alkanes of at least 4 members (excludes halogenated alkanes) is 8. The molecule has 0 aliphatic heterocycles. The molecule has 0 aliphatic rings. The molecule has 0 bridgehead atoms. The van der Waals surface area contributed by atoms with Crippen molar-refractivity contribution in [1.82, 2.24) is 0 Å². The monoisotopic (exact) mass is 1440 g/mol. The highest BCUT2D eigenvalue weighted by Gasteiger charge is 2.98. The van der Waals surface area contributed by atoms with Gasteiger partial charge in [-0.1, -0.05) is 74.2 Å². The molecular weight excluding hydrogens is 1400 g/mol. The molecule has 40 heteroatoms. The molecule has 0 aromatic heterocycles. The van der Waals surface area contributed by atoms with Crippen molar-refractivity contribution in [2.75, 3.05) is 13.2 Å². The van der Waals surface area contributed by atoms with Crippen LogP contribution in [0.1, 0.15) is 75.3 Å². The fourth-order valence-corrected chi connectivity index (χ4v) is 8.70. The van der Waals surface area contributed by atoms with Crippen molar-refractivity contribution in [3.63, 3.8) is 0 Å². The van der Waals surface area contributed by atoms with E-state index in [-0.39, 0.29) is 37.8 Å². The van der Waals surface area contributed by atoms with Gasteiger partial charge in [0.1, 0.15) is 11.5 Å². The molecule has 0 fully saturated rings. The molecule has 0 aliphatic carbocycles. The number of hydrogen-bond donors (Lipinski definition) is 0. The van der Waals surface area contributed by atoms with Crippen LogP contribution < -0.4 is 9.47 Å². The zero-order valence-electron chi connectivity index (χ0n) is 46.0. The third kappa shape index (κ3) is 12.3. The summed E-state index contributed by atoms with van der Waals surface area (Å²) in [5.41, 5.74) is -7.45. The van der Waals surface area contributed by atoms with E-state index < -0.39 is 200 Å². The fourth-order valence-electron chi connectivity index (χ4n) is 8.70. The molecule has 4 aromatic rings. The second kappa shape index (κ2) is 25.7. The van der Waals surface area contributed by atoms with E-state index in [1.54, 1.807) is 0 Å². The van der Waals surface area contributed by atoms with Crippen molar-refractivity contribution < 1.29 is 176 Å². The SMILES string of the molecule is C=CCCCCCCOc1ccc2cc(C(F)(F)C(F)(F)C(F)(F)C(F)(F)C(F)(F)C(F)(F)C(F)(F)C(F)(F)C(F)(F)F)ccc2c1-c1c(OCCCCCCC=C)ccc2cc(C(F)(F)C(F)(F)C(F)(F)C(F)(F)C(F)(F)C(F)(F)C(F)(F)C(F)(F)C(F)(F)F)ccc12. The minimum atomic E-state index is -9.31. The minimum absolute atomic E-state index is 0.0118. The van der Waals surface area contributed by atoms with Crippen molar-refractivity contribution >= 4 is 21.5 Å². The number of fused-ring (bicyclic) bond motifs is 2. The van der Waals surface area contributed by atoms with E-state index in [0.717, 1.165) is 0 Å². The van der Waals surface area contributed by atoms with Gasteiger partial charge in [-0.15, -0.1) is 13.2 Å². The first-order chi connectivity index (χ1) is 42.0. The predicted octanol–water partition coefficient (Wildman–Crippen LogP) is 22.9. The number of rotatable bonds is 33. The first-order valence-corrected chi connectivity index (χ1v) is 25.8. The smallest absolute Gasteiger partial charge is 0.460 e. The summed E-state index contributed by atoms with van der Waals surface area (Å²) in [6.45, 7) is 5.92. The normalized spacial score (nSPS) is 15.1. The van der Waals surface area contributed by atoms with Crippen LogP contribution in [-0.2, 0) is 11.8 Å². The van der Waals surface area contributed by atoms with E-state index in [0.29, 0.717) is 62.8 Å². The van der Waals surface area contributed by atoms with Crippen LogP contribution in [0, 0.1) is 0 Å². The van der Waals surface area contributed by atoms with Crippen LogP contribution in [0.25, 0.3) is 32.7 Å². The van der Waals surface area contributed by atoms with Gasteiger partial charge >= 0.3 is 107 Å². The molecule has 4 aromatic carbocycles. The lowest BCUT2D eigenvalue weighted by Gasteiger charge is -2.43. The summed E-state index contributed by atoms with van der Waals surface area (Å²) in [6.07, 6.45) is -10.3. The average molecular weight is 1440 g/mol. The number of ether oxygens (including phenoxy) is 2. The first-order valence-electron chi connectivity index (χ1n) is 25.8. The summed E-state index contributed by atoms with van der Waals surface area (Å²) in [7, 11) is 0. The maximum atomic E-state index is 15.9. The Morgan fingerprint density at radius 3 is 0.745 bits per heavy atom. The van der Waals surface area contributed by atoms with Crippen LogP contribution in [0.3, 0.4) is 0 Å². The van der Waals surface area contributed by atoms with Crippen LogP contribution in [0.2, 0.25) is 0 Å². The summed E-state index contributed by atoms with van der Waals surface area (Å²) in [5, 5.41) is -4.27. The van der Waals surface area contributed by atoms with Crippen LogP contribution in [0.15, 0.2) is 86.0 Å². The molecule has 0 atom stereocenters. The van der Waals surface area contributed by atoms with Crippen molar-refractivity contribution in [3.8, 4) is 22.6 Å². The van der Waals surface area contributed by atoms with Gasteiger partial charge in [-0.3, -0.25) is 0 Å². The van der Waals surface area contributed by atoms with E-state index in [9.17, 15) is 114 Å². The summed E-state index contributed by atoms with van der Waals surface area (Å²) in [4.78, 5) is 0. The van der Waals surface area contributed by atoms with E-state index >= 15 is 52.7 Å². The highest BCUT2D eigenvalue weighted by Crippen LogP contribution is 2.69. The standard InChI is InChI=1S/C54H40F38O2/c1-3-5-7-9-11-13-23-93-33-21-15-27-25-29(37(55,56)39(59,60)41(63,64)43(67,68)45(71,72)47(75,76)49(79,80)51(83,84)53(87,88)89)17-19-31(27)35(33)36-32-20-18-30(26-28(32)16-22-34(36)94-24-14-12-10-8-6-4-2)38(57,58)40(61,62)42(65,66)44(69,70)46(73,74)48(77,78)50(81,82)52(85,86)54(90,91)92/h3-4,15-22,25-26H,1-2,5-14,23-24H2. The Labute approximate surface area is 501 Å². The van der Waals surface area contributed by atoms with Crippen LogP contribution in [-0.4, -0.2) is 108 Å². The van der Waals surface area contributed by atoms with Gasteiger partial charge in [-0.2, -0.15) is 167 Å². The second-order valence-electron chi connectivity index (χ2n) is 20.6. The molecule has 94 heavy (non-hydrogen) atoms. The lowest BCUT2D eigenvalue weighted by atomic mass is 9.85. The number of halogens is 38. The highest BCUT2D eigenvalue weighted by atomic mass is 19.5. The summed E-state index contributed by atoms with van der Waals surface area (Å²) in [6, 6.07) is -0.119. The molecule has 534 valence electrons. The van der Waals surface area contributed by atoms with Crippen molar-refractivity contribution in [2.45, 2.75) is 171 Å². The first kappa shape index (κ1) is 80.3. The minimum Gasteiger partial charge on any atom is -0.493 e. The van der Waals surface area contributed by atoms with Gasteiger partial charge in [0.15, 0.2) is 0 Å². The fraction of sp³-hybridized carbons (Fsp3) is 0.556. The lowest BCUT2D eigenvalue weighted by Crippen LogP contribution is -2.75. The topological polar surface area (TPSA) is 18.5 Å². The maximum absolute atomic E-state index is 15.9. The van der Waals surface area contributed by atoms with Gasteiger partial charge < -0.3 is 9.47 Å². The zero-order chi connectivity index (χ0) is 73.2. The molecule has 2 nitrogen and oxygen atoms in total. The summed E-state index contributed by atoms with van der Waals surface area (Å²) >= 11 is 0. The van der Waals surface area contributed by atoms with E-state index in [4.69, 9.17) is 9.47 Å². The Morgan fingerprint density at radius 1 is 0.266 bits per heavy atom. The largest absolute Gasteiger partial charge is 0.493 e. The molecule has 0 unspecified atom stereocenters. The number of allylic oxidation sites excluding steroid dienone is 2. The Bertz CT molecular complexity index is 3100. The Balaban J connectivity index is 2.07. The zero-order valence-corrected chi connectivity index (χ0v) is 46.0. The third-order valence-electron chi connectivity index (χ3n) is 14.3. The van der Waals surface area contributed by atoms with Crippen molar-refractivity contribution in [1.29, 1.82) is 0 Å². The molecule has 0 heterocycles. The van der Waals surface area contributed by atoms with Crippen LogP contribution in [0.5, 0.6) is 11.5 Å². The van der Waals surface area contributed by atoms with Crippen LogP contribution >= 0.6 is 0 Å². The Hall–Kier alpha value is -6.18. The molecule has 0 saturated carbocycles. The van der Waals surface area contributed by atoms with E-state index in [1.807, 2.05) is 0 Å². The van der Waals surface area contributed by atoms with Gasteiger partial charge in [0, 0.05) is 22.3 Å². The van der Waals surface area contributed by atoms with Crippen LogP contribution in [0.4, 0.5) is 167 Å². The predicted molar refractivity (Wildman–Crippen MR) is 254 cm³/mol. The molecule has 0 amide bonds. The average Bonchev–Trinajstić information content (AvgIpc) is 0.696. The number of alkyl halides is 38. The number of hydrogen-bond acceptors (Lipinski definition) is 2. The highest BCUT2D eigenvalue weighted by molar-refractivity contribution is 6.10. The van der Waals surface area contributed by atoms with Gasteiger partial charge in [0.2, 0.25) is 0 Å². The van der Waals surface area contributed by atoms with Crippen molar-refractivity contribution in [3.05, 3.63) is 97.1 Å². The summed E-state index contributed by atoms with van der Waals surface area (Å²) < 4.78 is 556. The van der Waals surface area contributed by atoms with Gasteiger partial charge in [0.25, 0.3) is 0 Å².